The Morgan fingerprint density at radius 1 is 1.25 bits per heavy atom. The summed E-state index contributed by atoms with van der Waals surface area (Å²) in [4.78, 5) is 28.8. The molecule has 5 nitrogen and oxygen atoms in total. The topological polar surface area (TPSA) is 68.3 Å². The number of halogens is 1. The van der Waals surface area contributed by atoms with Crippen molar-refractivity contribution in [1.82, 2.24) is 4.98 Å². The lowest BCUT2D eigenvalue weighted by molar-refractivity contribution is -0.144. The van der Waals surface area contributed by atoms with Gasteiger partial charge in [-0.25, -0.2) is 4.98 Å². The summed E-state index contributed by atoms with van der Waals surface area (Å²) in [5.74, 6) is -0.391. The van der Waals surface area contributed by atoms with Crippen LogP contribution < -0.4 is 5.32 Å². The number of thiazole rings is 1. The predicted molar refractivity (Wildman–Crippen MR) is 116 cm³/mol. The number of carbonyl (C=O) groups is 2. The van der Waals surface area contributed by atoms with Crippen LogP contribution in [0.2, 0.25) is 5.02 Å². The van der Waals surface area contributed by atoms with Gasteiger partial charge in [-0.2, -0.15) is 0 Å². The van der Waals surface area contributed by atoms with E-state index in [1.54, 1.807) is 18.3 Å². The first-order chi connectivity index (χ1) is 13.3. The number of esters is 1. The van der Waals surface area contributed by atoms with Crippen LogP contribution in [0.15, 0.2) is 29.0 Å². The van der Waals surface area contributed by atoms with Gasteiger partial charge in [-0.05, 0) is 41.5 Å². The molecule has 0 spiro atoms. The highest BCUT2D eigenvalue weighted by atomic mass is 35.5. The Bertz CT molecular complexity index is 1010. The molecule has 0 radical (unpaired) electrons. The van der Waals surface area contributed by atoms with E-state index in [9.17, 15) is 9.59 Å². The molecule has 0 unspecified atom stereocenters. The van der Waals surface area contributed by atoms with Crippen molar-refractivity contribution in [3.05, 3.63) is 45.2 Å². The molecule has 1 amide bonds. The molecule has 2 aromatic heterocycles. The van der Waals surface area contributed by atoms with Gasteiger partial charge in [0.15, 0.2) is 5.13 Å². The van der Waals surface area contributed by atoms with Crippen LogP contribution in [0, 0.1) is 0 Å². The Kier molecular flexibility index (Phi) is 6.37. The van der Waals surface area contributed by atoms with Crippen molar-refractivity contribution in [3.8, 4) is 0 Å². The van der Waals surface area contributed by atoms with Crippen molar-refractivity contribution in [2.24, 2.45) is 0 Å². The number of nitrogens with one attached hydrogen (secondary N) is 1. The van der Waals surface area contributed by atoms with Crippen LogP contribution in [0.4, 0.5) is 5.13 Å². The third kappa shape index (κ3) is 4.90. The van der Waals surface area contributed by atoms with Gasteiger partial charge < -0.3 is 10.1 Å². The van der Waals surface area contributed by atoms with Gasteiger partial charge in [0.05, 0.1) is 25.1 Å². The second-order valence-corrected chi connectivity index (χ2v) is 9.24. The third-order valence-electron chi connectivity index (χ3n) is 4.30. The maximum absolute atomic E-state index is 12.5. The van der Waals surface area contributed by atoms with Crippen LogP contribution in [0.3, 0.4) is 0 Å². The normalized spacial score (nSPS) is 11.6. The van der Waals surface area contributed by atoms with Crippen molar-refractivity contribution in [2.75, 3.05) is 11.9 Å². The van der Waals surface area contributed by atoms with Gasteiger partial charge in [0.1, 0.15) is 0 Å². The SMILES string of the molecule is CCOC(=O)CC(C)(C)c1csc(NC(=O)Cc2csc3ccc(Cl)cc23)n1. The van der Waals surface area contributed by atoms with Crippen LogP contribution >= 0.6 is 34.3 Å². The highest BCUT2D eigenvalue weighted by molar-refractivity contribution is 7.17. The van der Waals surface area contributed by atoms with E-state index in [0.29, 0.717) is 16.8 Å². The van der Waals surface area contributed by atoms with Gasteiger partial charge in [-0.15, -0.1) is 22.7 Å². The molecule has 0 bridgehead atoms. The summed E-state index contributed by atoms with van der Waals surface area (Å²) in [7, 11) is 0. The Hall–Kier alpha value is -1.96. The van der Waals surface area contributed by atoms with Gasteiger partial charge in [0, 0.05) is 20.5 Å². The Labute approximate surface area is 176 Å². The highest BCUT2D eigenvalue weighted by Gasteiger charge is 2.28. The molecule has 3 rings (SSSR count). The molecule has 0 fully saturated rings. The number of benzene rings is 1. The molecule has 0 saturated carbocycles. The Morgan fingerprint density at radius 3 is 2.79 bits per heavy atom. The number of thiophene rings is 1. The number of fused-ring (bicyclic) bond motifs is 1. The number of hydrogen-bond acceptors (Lipinski definition) is 6. The van der Waals surface area contributed by atoms with Gasteiger partial charge in [0.25, 0.3) is 0 Å². The molecule has 0 saturated heterocycles. The summed E-state index contributed by atoms with van der Waals surface area (Å²) >= 11 is 9.02. The lowest BCUT2D eigenvalue weighted by atomic mass is 9.86. The van der Waals surface area contributed by atoms with Gasteiger partial charge in [0.2, 0.25) is 5.91 Å². The second kappa shape index (κ2) is 8.59. The molecule has 8 heteroatoms. The number of anilines is 1. The average Bonchev–Trinajstić information content (AvgIpc) is 3.22. The highest BCUT2D eigenvalue weighted by Crippen LogP contribution is 2.31. The summed E-state index contributed by atoms with van der Waals surface area (Å²) in [6.45, 7) is 6.01. The molecule has 3 aromatic rings. The van der Waals surface area contributed by atoms with E-state index in [1.165, 1.54) is 11.3 Å². The van der Waals surface area contributed by atoms with Crippen molar-refractivity contribution in [2.45, 2.75) is 39.0 Å². The van der Waals surface area contributed by atoms with E-state index < -0.39 is 5.41 Å². The van der Waals surface area contributed by atoms with E-state index in [2.05, 4.69) is 10.3 Å². The van der Waals surface area contributed by atoms with Crippen molar-refractivity contribution in [3.63, 3.8) is 0 Å². The molecule has 1 aromatic carbocycles. The van der Waals surface area contributed by atoms with E-state index in [1.807, 2.05) is 42.8 Å². The van der Waals surface area contributed by atoms with Gasteiger partial charge in [-0.1, -0.05) is 25.4 Å². The first kappa shape index (κ1) is 20.8. The fourth-order valence-electron chi connectivity index (χ4n) is 2.83. The Balaban J connectivity index is 1.66. The first-order valence-electron chi connectivity index (χ1n) is 8.85. The lowest BCUT2D eigenvalue weighted by Crippen LogP contribution is -2.24. The van der Waals surface area contributed by atoms with Gasteiger partial charge in [-0.3, -0.25) is 9.59 Å². The summed E-state index contributed by atoms with van der Waals surface area (Å²) in [5, 5.41) is 8.89. The number of amides is 1. The first-order valence-corrected chi connectivity index (χ1v) is 11.0. The zero-order valence-corrected chi connectivity index (χ0v) is 18.3. The second-order valence-electron chi connectivity index (χ2n) is 7.03. The predicted octanol–water partition coefficient (Wildman–Crippen LogP) is 5.42. The number of ether oxygens (including phenoxy) is 1. The summed E-state index contributed by atoms with van der Waals surface area (Å²) in [5.41, 5.74) is 1.24. The average molecular weight is 437 g/mol. The summed E-state index contributed by atoms with van der Waals surface area (Å²) in [6.07, 6.45) is 0.487. The minimum absolute atomic E-state index is 0.135. The minimum Gasteiger partial charge on any atom is -0.466 e. The molecule has 0 atom stereocenters. The third-order valence-corrected chi connectivity index (χ3v) is 6.31. The molecule has 0 aliphatic rings. The van der Waals surface area contributed by atoms with Crippen LogP contribution in [0.1, 0.15) is 38.4 Å². The molecular weight excluding hydrogens is 416 g/mol. The fourth-order valence-corrected chi connectivity index (χ4v) is 4.87. The molecule has 1 N–H and O–H groups in total. The number of rotatable bonds is 7. The monoisotopic (exact) mass is 436 g/mol. The van der Waals surface area contributed by atoms with E-state index in [4.69, 9.17) is 16.3 Å². The molecule has 148 valence electrons. The standard InChI is InChI=1S/C20H21ClN2O3S2/c1-4-26-18(25)9-20(2,3)16-11-28-19(22-16)23-17(24)7-12-10-27-15-6-5-13(21)8-14(12)15/h5-6,8,10-11H,4,7,9H2,1-3H3,(H,22,23,24). The van der Waals surface area contributed by atoms with E-state index in [0.717, 1.165) is 21.3 Å². The van der Waals surface area contributed by atoms with Crippen LogP contribution in [0.25, 0.3) is 10.1 Å². The maximum atomic E-state index is 12.5. The molecular formula is C20H21ClN2O3S2. The van der Waals surface area contributed by atoms with Crippen LogP contribution in [0.5, 0.6) is 0 Å². The van der Waals surface area contributed by atoms with Crippen molar-refractivity contribution in [1.29, 1.82) is 0 Å². The lowest BCUT2D eigenvalue weighted by Gasteiger charge is -2.20. The fraction of sp³-hybridized carbons (Fsp3) is 0.350. The quantitative estimate of drug-likeness (QED) is 0.502. The number of nitrogens with zero attached hydrogens (tertiary/aromatic N) is 1. The van der Waals surface area contributed by atoms with Crippen molar-refractivity contribution < 1.29 is 14.3 Å². The van der Waals surface area contributed by atoms with Crippen LogP contribution in [-0.4, -0.2) is 23.5 Å². The largest absolute Gasteiger partial charge is 0.466 e. The summed E-state index contributed by atoms with van der Waals surface area (Å²) < 4.78 is 6.13. The molecule has 0 aliphatic carbocycles. The number of carbonyl (C=O) groups excluding carboxylic acids is 2. The maximum Gasteiger partial charge on any atom is 0.306 e. The van der Waals surface area contributed by atoms with Crippen LogP contribution in [-0.2, 0) is 26.2 Å². The molecule has 0 aliphatic heterocycles. The number of hydrogen-bond donors (Lipinski definition) is 1. The van der Waals surface area contributed by atoms with E-state index in [-0.39, 0.29) is 24.7 Å². The van der Waals surface area contributed by atoms with E-state index >= 15 is 0 Å². The number of aromatic nitrogens is 1. The van der Waals surface area contributed by atoms with Gasteiger partial charge >= 0.3 is 5.97 Å². The molecule has 28 heavy (non-hydrogen) atoms. The minimum atomic E-state index is -0.466. The van der Waals surface area contributed by atoms with Crippen molar-refractivity contribution >= 4 is 61.4 Å². The Morgan fingerprint density at radius 2 is 2.04 bits per heavy atom. The smallest absolute Gasteiger partial charge is 0.306 e. The molecule has 2 heterocycles. The summed E-state index contributed by atoms with van der Waals surface area (Å²) in [6, 6.07) is 5.69. The zero-order chi connectivity index (χ0) is 20.3. The zero-order valence-electron chi connectivity index (χ0n) is 15.9.